The Bertz CT molecular complexity index is 494. The van der Waals surface area contributed by atoms with E-state index in [9.17, 15) is 4.39 Å². The number of rotatable bonds is 3. The summed E-state index contributed by atoms with van der Waals surface area (Å²) in [5.74, 6) is 0.409. The molecule has 16 heavy (non-hydrogen) atoms. The molecule has 2 rings (SSSR count). The summed E-state index contributed by atoms with van der Waals surface area (Å²) in [6, 6.07) is 6.59. The SMILES string of the molecule is Cc1occc1Sc1cccc(F)c1CO. The van der Waals surface area contributed by atoms with E-state index in [4.69, 9.17) is 9.52 Å². The number of halogens is 1. The van der Waals surface area contributed by atoms with Crippen LogP contribution < -0.4 is 0 Å². The summed E-state index contributed by atoms with van der Waals surface area (Å²) in [4.78, 5) is 1.65. The van der Waals surface area contributed by atoms with Gasteiger partial charge in [0.2, 0.25) is 0 Å². The quantitative estimate of drug-likeness (QED) is 0.890. The van der Waals surface area contributed by atoms with Crippen molar-refractivity contribution in [2.24, 2.45) is 0 Å². The first-order valence-corrected chi connectivity index (χ1v) is 5.64. The summed E-state index contributed by atoms with van der Waals surface area (Å²) < 4.78 is 18.5. The molecule has 2 nitrogen and oxygen atoms in total. The van der Waals surface area contributed by atoms with Crippen LogP contribution in [0, 0.1) is 12.7 Å². The predicted octanol–water partition coefficient (Wildman–Crippen LogP) is 3.37. The zero-order valence-electron chi connectivity index (χ0n) is 8.74. The molecule has 0 bridgehead atoms. The number of aliphatic hydroxyl groups excluding tert-OH is 1. The Balaban J connectivity index is 2.35. The first kappa shape index (κ1) is 11.2. The molecule has 1 aromatic carbocycles. The van der Waals surface area contributed by atoms with Gasteiger partial charge in [-0.3, -0.25) is 0 Å². The van der Waals surface area contributed by atoms with E-state index in [1.165, 1.54) is 17.8 Å². The molecular formula is C12H11FO2S. The number of hydrogen-bond donors (Lipinski definition) is 1. The average molecular weight is 238 g/mol. The second-order valence-electron chi connectivity index (χ2n) is 3.32. The Morgan fingerprint density at radius 2 is 2.12 bits per heavy atom. The first-order valence-electron chi connectivity index (χ1n) is 4.82. The molecule has 0 radical (unpaired) electrons. The van der Waals surface area contributed by atoms with Gasteiger partial charge in [-0.2, -0.15) is 0 Å². The Morgan fingerprint density at radius 3 is 2.75 bits per heavy atom. The second kappa shape index (κ2) is 4.72. The molecule has 0 saturated carbocycles. The van der Waals surface area contributed by atoms with E-state index < -0.39 is 0 Å². The van der Waals surface area contributed by atoms with E-state index in [1.54, 1.807) is 18.4 Å². The summed E-state index contributed by atoms with van der Waals surface area (Å²) in [7, 11) is 0. The van der Waals surface area contributed by atoms with E-state index in [1.807, 2.05) is 13.0 Å². The highest BCUT2D eigenvalue weighted by atomic mass is 32.2. The maximum atomic E-state index is 13.4. The highest BCUT2D eigenvalue weighted by Crippen LogP contribution is 2.34. The molecule has 0 amide bonds. The van der Waals surface area contributed by atoms with Crippen molar-refractivity contribution >= 4 is 11.8 Å². The Labute approximate surface area is 97.1 Å². The van der Waals surface area contributed by atoms with Crippen LogP contribution in [0.2, 0.25) is 0 Å². The van der Waals surface area contributed by atoms with Crippen LogP contribution in [0.15, 0.2) is 44.7 Å². The number of aryl methyl sites for hydroxylation is 1. The van der Waals surface area contributed by atoms with Gasteiger partial charge in [0, 0.05) is 10.5 Å². The van der Waals surface area contributed by atoms with Gasteiger partial charge in [0.05, 0.1) is 17.8 Å². The smallest absolute Gasteiger partial charge is 0.129 e. The van der Waals surface area contributed by atoms with Crippen LogP contribution in [0.3, 0.4) is 0 Å². The van der Waals surface area contributed by atoms with E-state index in [0.29, 0.717) is 10.5 Å². The maximum Gasteiger partial charge on any atom is 0.129 e. The Morgan fingerprint density at radius 1 is 1.31 bits per heavy atom. The summed E-state index contributed by atoms with van der Waals surface area (Å²) in [6.45, 7) is 1.55. The third-order valence-electron chi connectivity index (χ3n) is 2.27. The molecule has 0 fully saturated rings. The van der Waals surface area contributed by atoms with E-state index in [2.05, 4.69) is 0 Å². The predicted molar refractivity (Wildman–Crippen MR) is 59.9 cm³/mol. The monoisotopic (exact) mass is 238 g/mol. The minimum absolute atomic E-state index is 0.300. The van der Waals surface area contributed by atoms with Crippen LogP contribution in [0.5, 0.6) is 0 Å². The number of furan rings is 1. The fourth-order valence-electron chi connectivity index (χ4n) is 1.39. The molecule has 0 saturated heterocycles. The standard InChI is InChI=1S/C12H11FO2S/c1-8-11(5-6-15-8)16-12-4-2-3-10(13)9(12)7-14/h2-6,14H,7H2,1H3. The van der Waals surface area contributed by atoms with Crippen molar-refractivity contribution in [2.75, 3.05) is 0 Å². The van der Waals surface area contributed by atoms with Crippen LogP contribution in [0.25, 0.3) is 0 Å². The summed E-state index contributed by atoms with van der Waals surface area (Å²) >= 11 is 1.39. The van der Waals surface area contributed by atoms with Gasteiger partial charge in [-0.05, 0) is 25.1 Å². The molecule has 2 aromatic rings. The molecule has 4 heteroatoms. The van der Waals surface area contributed by atoms with Gasteiger partial charge in [-0.1, -0.05) is 17.8 Å². The summed E-state index contributed by atoms with van der Waals surface area (Å²) in [6.07, 6.45) is 1.59. The lowest BCUT2D eigenvalue weighted by molar-refractivity contribution is 0.272. The fourth-order valence-corrected chi connectivity index (χ4v) is 2.37. The normalized spacial score (nSPS) is 10.7. The van der Waals surface area contributed by atoms with Gasteiger partial charge in [-0.15, -0.1) is 0 Å². The van der Waals surface area contributed by atoms with Crippen molar-refractivity contribution in [1.29, 1.82) is 0 Å². The molecule has 1 aromatic heterocycles. The lowest BCUT2D eigenvalue weighted by Crippen LogP contribution is -1.92. The molecule has 1 N–H and O–H groups in total. The molecular weight excluding hydrogens is 227 g/mol. The van der Waals surface area contributed by atoms with Gasteiger partial charge in [-0.25, -0.2) is 4.39 Å². The highest BCUT2D eigenvalue weighted by Gasteiger charge is 2.10. The minimum Gasteiger partial charge on any atom is -0.468 e. The zero-order chi connectivity index (χ0) is 11.5. The first-order chi connectivity index (χ1) is 7.72. The van der Waals surface area contributed by atoms with Crippen LogP contribution in [-0.2, 0) is 6.61 Å². The van der Waals surface area contributed by atoms with Gasteiger partial charge < -0.3 is 9.52 Å². The van der Waals surface area contributed by atoms with E-state index >= 15 is 0 Å². The van der Waals surface area contributed by atoms with Crippen molar-refractivity contribution in [1.82, 2.24) is 0 Å². The number of aliphatic hydroxyl groups is 1. The Kier molecular flexibility index (Phi) is 3.31. The van der Waals surface area contributed by atoms with Crippen molar-refractivity contribution in [3.8, 4) is 0 Å². The molecule has 0 aliphatic heterocycles. The third kappa shape index (κ3) is 2.13. The third-order valence-corrected chi connectivity index (χ3v) is 3.51. The summed E-state index contributed by atoms with van der Waals surface area (Å²) in [5, 5.41) is 9.12. The van der Waals surface area contributed by atoms with Crippen LogP contribution >= 0.6 is 11.8 Å². The molecule has 0 unspecified atom stereocenters. The molecule has 0 aliphatic rings. The molecule has 84 valence electrons. The van der Waals surface area contributed by atoms with Crippen LogP contribution in [0.4, 0.5) is 4.39 Å². The molecule has 0 spiro atoms. The van der Waals surface area contributed by atoms with E-state index in [0.717, 1.165) is 10.7 Å². The van der Waals surface area contributed by atoms with Crippen molar-refractivity contribution in [3.63, 3.8) is 0 Å². The number of hydrogen-bond acceptors (Lipinski definition) is 3. The highest BCUT2D eigenvalue weighted by molar-refractivity contribution is 7.99. The lowest BCUT2D eigenvalue weighted by atomic mass is 10.2. The lowest BCUT2D eigenvalue weighted by Gasteiger charge is -2.06. The van der Waals surface area contributed by atoms with E-state index in [-0.39, 0.29) is 12.4 Å². The number of benzene rings is 1. The largest absolute Gasteiger partial charge is 0.468 e. The average Bonchev–Trinajstić information content (AvgIpc) is 2.65. The van der Waals surface area contributed by atoms with Crippen molar-refractivity contribution in [2.45, 2.75) is 23.3 Å². The fraction of sp³-hybridized carbons (Fsp3) is 0.167. The van der Waals surface area contributed by atoms with Crippen LogP contribution in [0.1, 0.15) is 11.3 Å². The minimum atomic E-state index is -0.381. The second-order valence-corrected chi connectivity index (χ2v) is 4.40. The topological polar surface area (TPSA) is 33.4 Å². The van der Waals surface area contributed by atoms with Gasteiger partial charge in [0.25, 0.3) is 0 Å². The van der Waals surface area contributed by atoms with Crippen molar-refractivity contribution in [3.05, 3.63) is 47.7 Å². The van der Waals surface area contributed by atoms with Gasteiger partial charge in [0.15, 0.2) is 0 Å². The summed E-state index contributed by atoms with van der Waals surface area (Å²) in [5.41, 5.74) is 0.327. The zero-order valence-corrected chi connectivity index (χ0v) is 9.55. The van der Waals surface area contributed by atoms with Crippen LogP contribution in [-0.4, -0.2) is 5.11 Å². The Hall–Kier alpha value is -1.26. The van der Waals surface area contributed by atoms with Gasteiger partial charge in [0.1, 0.15) is 11.6 Å². The maximum absolute atomic E-state index is 13.4. The van der Waals surface area contributed by atoms with Gasteiger partial charge >= 0.3 is 0 Å². The molecule has 0 atom stereocenters. The molecule has 0 aliphatic carbocycles. The van der Waals surface area contributed by atoms with Crippen molar-refractivity contribution < 1.29 is 13.9 Å². The molecule has 1 heterocycles.